The third-order valence-corrected chi connectivity index (χ3v) is 6.32. The van der Waals surface area contributed by atoms with Crippen LogP contribution in [0.15, 0.2) is 76.3 Å². The summed E-state index contributed by atoms with van der Waals surface area (Å²) in [5.74, 6) is 1.21. The molecule has 0 aliphatic carbocycles. The van der Waals surface area contributed by atoms with Gasteiger partial charge in [0.05, 0.1) is 17.0 Å². The fourth-order valence-corrected chi connectivity index (χ4v) is 4.74. The highest BCUT2D eigenvalue weighted by atomic mass is 32.2. The van der Waals surface area contributed by atoms with Crippen molar-refractivity contribution in [2.24, 2.45) is 0 Å². The van der Waals surface area contributed by atoms with Gasteiger partial charge < -0.3 is 5.32 Å². The zero-order valence-corrected chi connectivity index (χ0v) is 18.1. The highest BCUT2D eigenvalue weighted by molar-refractivity contribution is 7.98. The molecule has 152 valence electrons. The van der Waals surface area contributed by atoms with Crippen LogP contribution >= 0.6 is 23.1 Å². The third-order valence-electron chi connectivity index (χ3n) is 4.52. The topological polar surface area (TPSA) is 72.7 Å². The van der Waals surface area contributed by atoms with E-state index in [1.54, 1.807) is 27.8 Å². The van der Waals surface area contributed by atoms with Gasteiger partial charge in [-0.25, -0.2) is 0 Å². The Labute approximate surface area is 183 Å². The fraction of sp³-hybridized carbons (Fsp3) is 0.182. The molecule has 6 nitrogen and oxygen atoms in total. The predicted molar refractivity (Wildman–Crippen MR) is 120 cm³/mol. The summed E-state index contributed by atoms with van der Waals surface area (Å²) in [6, 6.07) is 19.6. The smallest absolute Gasteiger partial charge is 0.252 e. The molecule has 1 unspecified atom stereocenters. The largest absolute Gasteiger partial charge is 0.349 e. The summed E-state index contributed by atoms with van der Waals surface area (Å²) in [4.78, 5) is 13.8. The Morgan fingerprint density at radius 3 is 2.73 bits per heavy atom. The van der Waals surface area contributed by atoms with Gasteiger partial charge >= 0.3 is 0 Å². The summed E-state index contributed by atoms with van der Waals surface area (Å²) in [7, 11) is 0. The first-order chi connectivity index (χ1) is 14.7. The Morgan fingerprint density at radius 1 is 1.13 bits per heavy atom. The number of para-hydroxylation sites is 1. The standard InChI is InChI=1S/C22H21N5OS2/c1-16(13-17-11-12-29-14-17)23-22(28)19-9-5-6-10-20(19)30-15-21-24-25-26-27(21)18-7-3-2-4-8-18/h2-12,14,16H,13,15H2,1H3,(H,23,28). The maximum atomic E-state index is 12.9. The SMILES string of the molecule is CC(Cc1ccsc1)NC(=O)c1ccccc1SCc1nnnn1-c1ccccc1. The van der Waals surface area contributed by atoms with Crippen LogP contribution in [0.2, 0.25) is 0 Å². The van der Waals surface area contributed by atoms with Crippen LogP contribution in [0.3, 0.4) is 0 Å². The Balaban J connectivity index is 1.44. The molecule has 8 heteroatoms. The maximum absolute atomic E-state index is 12.9. The van der Waals surface area contributed by atoms with E-state index in [1.807, 2.05) is 61.5 Å². The molecule has 1 amide bonds. The first-order valence-electron chi connectivity index (χ1n) is 9.57. The number of hydrogen-bond donors (Lipinski definition) is 1. The van der Waals surface area contributed by atoms with Crippen molar-refractivity contribution in [3.63, 3.8) is 0 Å². The molecule has 1 N–H and O–H groups in total. The monoisotopic (exact) mass is 435 g/mol. The van der Waals surface area contributed by atoms with Gasteiger partial charge in [-0.3, -0.25) is 4.79 Å². The molecule has 0 saturated carbocycles. The Kier molecular flexibility index (Phi) is 6.56. The molecule has 0 spiro atoms. The van der Waals surface area contributed by atoms with Crippen molar-refractivity contribution >= 4 is 29.0 Å². The van der Waals surface area contributed by atoms with Crippen molar-refractivity contribution < 1.29 is 4.79 Å². The lowest BCUT2D eigenvalue weighted by Gasteiger charge is -2.15. The fourth-order valence-electron chi connectivity index (χ4n) is 3.10. The Bertz CT molecular complexity index is 1100. The van der Waals surface area contributed by atoms with E-state index < -0.39 is 0 Å². The minimum Gasteiger partial charge on any atom is -0.349 e. The summed E-state index contributed by atoms with van der Waals surface area (Å²) in [5, 5.41) is 19.3. The number of amides is 1. The van der Waals surface area contributed by atoms with Crippen molar-refractivity contribution in [3.8, 4) is 5.69 Å². The number of thioether (sulfide) groups is 1. The highest BCUT2D eigenvalue weighted by Gasteiger charge is 2.16. The molecule has 1 atom stereocenters. The zero-order chi connectivity index (χ0) is 20.8. The minimum absolute atomic E-state index is 0.0514. The first kappa shape index (κ1) is 20.3. The van der Waals surface area contributed by atoms with Crippen molar-refractivity contribution in [1.82, 2.24) is 25.5 Å². The summed E-state index contributed by atoms with van der Waals surface area (Å²) < 4.78 is 1.72. The number of tetrazole rings is 1. The van der Waals surface area contributed by atoms with E-state index in [4.69, 9.17) is 0 Å². The van der Waals surface area contributed by atoms with E-state index in [0.717, 1.165) is 22.8 Å². The van der Waals surface area contributed by atoms with E-state index in [-0.39, 0.29) is 11.9 Å². The van der Waals surface area contributed by atoms with E-state index in [1.165, 1.54) is 5.56 Å². The molecule has 0 bridgehead atoms. The molecule has 2 heterocycles. The van der Waals surface area contributed by atoms with Crippen LogP contribution in [0.25, 0.3) is 5.69 Å². The second kappa shape index (κ2) is 9.69. The van der Waals surface area contributed by atoms with E-state index in [0.29, 0.717) is 11.3 Å². The number of rotatable bonds is 8. The average Bonchev–Trinajstić information content (AvgIpc) is 3.45. The molecule has 2 aromatic carbocycles. The maximum Gasteiger partial charge on any atom is 0.252 e. The normalized spacial score (nSPS) is 11.9. The summed E-state index contributed by atoms with van der Waals surface area (Å²) >= 11 is 3.22. The molecule has 30 heavy (non-hydrogen) atoms. The summed E-state index contributed by atoms with van der Waals surface area (Å²) in [5.41, 5.74) is 2.81. The molecule has 0 radical (unpaired) electrons. The molecule has 4 aromatic rings. The average molecular weight is 436 g/mol. The number of thiophene rings is 1. The van der Waals surface area contributed by atoms with E-state index in [2.05, 4.69) is 37.7 Å². The number of hydrogen-bond acceptors (Lipinski definition) is 6. The van der Waals surface area contributed by atoms with Crippen molar-refractivity contribution in [3.05, 3.63) is 88.4 Å². The van der Waals surface area contributed by atoms with Crippen molar-refractivity contribution in [2.75, 3.05) is 0 Å². The quantitative estimate of drug-likeness (QED) is 0.416. The minimum atomic E-state index is -0.0662. The lowest BCUT2D eigenvalue weighted by molar-refractivity contribution is 0.0937. The van der Waals surface area contributed by atoms with Gasteiger partial charge in [0, 0.05) is 10.9 Å². The number of benzene rings is 2. The second-order valence-corrected chi connectivity index (χ2v) is 8.63. The van der Waals surface area contributed by atoms with E-state index in [9.17, 15) is 4.79 Å². The van der Waals surface area contributed by atoms with Gasteiger partial charge in [0.15, 0.2) is 5.82 Å². The molecule has 0 aliphatic rings. The van der Waals surface area contributed by atoms with Crippen LogP contribution in [-0.4, -0.2) is 32.2 Å². The molecule has 0 fully saturated rings. The summed E-state index contributed by atoms with van der Waals surface area (Å²) in [6.07, 6.45) is 0.816. The van der Waals surface area contributed by atoms with Crippen LogP contribution in [0.1, 0.15) is 28.7 Å². The van der Waals surface area contributed by atoms with Crippen LogP contribution in [0.5, 0.6) is 0 Å². The summed E-state index contributed by atoms with van der Waals surface area (Å²) in [6.45, 7) is 2.03. The van der Waals surface area contributed by atoms with Crippen molar-refractivity contribution in [2.45, 2.75) is 30.0 Å². The number of aromatic nitrogens is 4. The lowest BCUT2D eigenvalue weighted by atomic mass is 10.1. The predicted octanol–water partition coefficient (Wildman–Crippen LogP) is 4.38. The van der Waals surface area contributed by atoms with Crippen LogP contribution < -0.4 is 5.32 Å². The number of nitrogens with zero attached hydrogens (tertiary/aromatic N) is 4. The number of carbonyl (C=O) groups is 1. The number of nitrogens with one attached hydrogen (secondary N) is 1. The third kappa shape index (κ3) is 4.95. The van der Waals surface area contributed by atoms with Crippen LogP contribution in [0.4, 0.5) is 0 Å². The first-order valence-corrected chi connectivity index (χ1v) is 11.5. The van der Waals surface area contributed by atoms with Gasteiger partial charge in [-0.05, 0) is 70.4 Å². The molecule has 4 rings (SSSR count). The zero-order valence-electron chi connectivity index (χ0n) is 16.4. The highest BCUT2D eigenvalue weighted by Crippen LogP contribution is 2.26. The molecular weight excluding hydrogens is 414 g/mol. The molecular formula is C22H21N5OS2. The Hall–Kier alpha value is -2.97. The van der Waals surface area contributed by atoms with Crippen molar-refractivity contribution in [1.29, 1.82) is 0 Å². The van der Waals surface area contributed by atoms with Gasteiger partial charge in [-0.1, -0.05) is 30.3 Å². The molecule has 0 saturated heterocycles. The molecule has 0 aliphatic heterocycles. The Morgan fingerprint density at radius 2 is 1.93 bits per heavy atom. The van der Waals surface area contributed by atoms with Gasteiger partial charge in [-0.15, -0.1) is 16.9 Å². The van der Waals surface area contributed by atoms with Gasteiger partial charge in [0.25, 0.3) is 5.91 Å². The van der Waals surface area contributed by atoms with Crippen LogP contribution in [-0.2, 0) is 12.2 Å². The molecule has 2 aromatic heterocycles. The lowest BCUT2D eigenvalue weighted by Crippen LogP contribution is -2.34. The second-order valence-electron chi connectivity index (χ2n) is 6.84. The number of carbonyl (C=O) groups excluding carboxylic acids is 1. The van der Waals surface area contributed by atoms with Crippen LogP contribution in [0, 0.1) is 0 Å². The van der Waals surface area contributed by atoms with Gasteiger partial charge in [0.2, 0.25) is 0 Å². The van der Waals surface area contributed by atoms with Gasteiger partial charge in [-0.2, -0.15) is 16.0 Å². The van der Waals surface area contributed by atoms with Gasteiger partial charge in [0.1, 0.15) is 0 Å². The van der Waals surface area contributed by atoms with E-state index >= 15 is 0 Å².